The molecule has 116 valence electrons. The van der Waals surface area contributed by atoms with Gasteiger partial charge in [0, 0.05) is 18.1 Å². The quantitative estimate of drug-likeness (QED) is 0.872. The molecule has 1 aliphatic rings. The molecule has 0 spiro atoms. The zero-order valence-corrected chi connectivity index (χ0v) is 12.9. The molecule has 1 heterocycles. The summed E-state index contributed by atoms with van der Waals surface area (Å²) in [7, 11) is 1.61. The van der Waals surface area contributed by atoms with Gasteiger partial charge in [0.05, 0.1) is 12.8 Å². The maximum atomic E-state index is 10.9. The number of nitrogens with two attached hydrogens (primary N) is 1. The van der Waals surface area contributed by atoms with Crippen molar-refractivity contribution in [2.75, 3.05) is 25.1 Å². The Morgan fingerprint density at radius 1 is 1.43 bits per heavy atom. The molecule has 0 bridgehead atoms. The zero-order valence-electron chi connectivity index (χ0n) is 12.1. The Balaban J connectivity index is 2.27. The van der Waals surface area contributed by atoms with Crippen LogP contribution in [0.15, 0.2) is 12.1 Å². The van der Waals surface area contributed by atoms with Crippen LogP contribution in [0.2, 0.25) is 5.02 Å². The number of carboxylic acid groups (broad SMARTS) is 1. The molecule has 6 heteroatoms. The Labute approximate surface area is 129 Å². The van der Waals surface area contributed by atoms with E-state index in [9.17, 15) is 4.79 Å². The molecule has 1 aliphatic heterocycles. The fraction of sp³-hybridized carbons (Fsp3) is 0.533. The van der Waals surface area contributed by atoms with E-state index in [2.05, 4.69) is 4.90 Å². The van der Waals surface area contributed by atoms with Crippen LogP contribution in [0.5, 0.6) is 5.75 Å². The molecule has 0 amide bonds. The number of hydrogen-bond donors (Lipinski definition) is 2. The molecule has 0 aromatic heterocycles. The highest BCUT2D eigenvalue weighted by Gasteiger charge is 2.20. The third kappa shape index (κ3) is 3.80. The maximum Gasteiger partial charge on any atom is 0.320 e. The van der Waals surface area contributed by atoms with Gasteiger partial charge in [0.1, 0.15) is 11.8 Å². The highest BCUT2D eigenvalue weighted by atomic mass is 35.5. The predicted octanol–water partition coefficient (Wildman–Crippen LogP) is 2.29. The summed E-state index contributed by atoms with van der Waals surface area (Å²) < 4.78 is 5.45. The SMILES string of the molecule is COc1cc(CC(N)C(=O)O)c(Cl)cc1N1CCCCC1. The van der Waals surface area contributed by atoms with Gasteiger partial charge in [-0.15, -0.1) is 0 Å². The lowest BCUT2D eigenvalue weighted by molar-refractivity contribution is -0.138. The van der Waals surface area contributed by atoms with Crippen LogP contribution in [0.4, 0.5) is 5.69 Å². The van der Waals surface area contributed by atoms with E-state index >= 15 is 0 Å². The molecule has 0 radical (unpaired) electrons. The van der Waals surface area contributed by atoms with Crippen molar-refractivity contribution in [3.63, 3.8) is 0 Å². The predicted molar refractivity (Wildman–Crippen MR) is 83.4 cm³/mol. The van der Waals surface area contributed by atoms with Crippen molar-refractivity contribution in [1.29, 1.82) is 0 Å². The molecule has 21 heavy (non-hydrogen) atoms. The smallest absolute Gasteiger partial charge is 0.320 e. The number of carbonyl (C=O) groups is 1. The van der Waals surface area contributed by atoms with E-state index in [4.69, 9.17) is 27.2 Å². The van der Waals surface area contributed by atoms with Crippen molar-refractivity contribution in [2.24, 2.45) is 5.73 Å². The maximum absolute atomic E-state index is 10.9. The highest BCUT2D eigenvalue weighted by molar-refractivity contribution is 6.31. The number of methoxy groups -OCH3 is 1. The van der Waals surface area contributed by atoms with Crippen molar-refractivity contribution < 1.29 is 14.6 Å². The standard InChI is InChI=1S/C15H21ClN2O3/c1-21-14-8-10(7-12(17)15(19)20)11(16)9-13(14)18-5-3-2-4-6-18/h8-9,12H,2-7,17H2,1H3,(H,19,20). The summed E-state index contributed by atoms with van der Waals surface area (Å²) in [6.45, 7) is 1.97. The summed E-state index contributed by atoms with van der Waals surface area (Å²) in [5, 5.41) is 9.45. The summed E-state index contributed by atoms with van der Waals surface area (Å²) >= 11 is 6.30. The number of nitrogens with zero attached hydrogens (tertiary/aromatic N) is 1. The van der Waals surface area contributed by atoms with Crippen molar-refractivity contribution >= 4 is 23.3 Å². The second-order valence-corrected chi connectivity index (χ2v) is 5.72. The van der Waals surface area contributed by atoms with Crippen LogP contribution in [0.25, 0.3) is 0 Å². The van der Waals surface area contributed by atoms with Gasteiger partial charge in [-0.25, -0.2) is 0 Å². The van der Waals surface area contributed by atoms with Gasteiger partial charge >= 0.3 is 5.97 Å². The Morgan fingerprint density at radius 2 is 2.10 bits per heavy atom. The average Bonchev–Trinajstić information content (AvgIpc) is 2.49. The van der Waals surface area contributed by atoms with Gasteiger partial charge in [-0.1, -0.05) is 11.6 Å². The van der Waals surface area contributed by atoms with E-state index in [0.717, 1.165) is 31.6 Å². The van der Waals surface area contributed by atoms with Crippen molar-refractivity contribution in [1.82, 2.24) is 0 Å². The topological polar surface area (TPSA) is 75.8 Å². The van der Waals surface area contributed by atoms with Crippen molar-refractivity contribution in [3.8, 4) is 5.75 Å². The lowest BCUT2D eigenvalue weighted by Crippen LogP contribution is -2.32. The number of aliphatic carboxylic acids is 1. The molecule has 0 saturated carbocycles. The first kappa shape index (κ1) is 15.9. The number of halogens is 1. The lowest BCUT2D eigenvalue weighted by atomic mass is 10.0. The third-order valence-corrected chi connectivity index (χ3v) is 4.15. The fourth-order valence-electron chi connectivity index (χ4n) is 2.61. The van der Waals surface area contributed by atoms with Crippen LogP contribution < -0.4 is 15.4 Å². The van der Waals surface area contributed by atoms with Crippen LogP contribution in [0.3, 0.4) is 0 Å². The first-order valence-corrected chi connectivity index (χ1v) is 7.50. The minimum atomic E-state index is -1.04. The summed E-state index contributed by atoms with van der Waals surface area (Å²) in [6.07, 6.45) is 3.75. The average molecular weight is 313 g/mol. The van der Waals surface area contributed by atoms with E-state index in [1.165, 1.54) is 6.42 Å². The van der Waals surface area contributed by atoms with E-state index in [-0.39, 0.29) is 6.42 Å². The Hall–Kier alpha value is -1.46. The summed E-state index contributed by atoms with van der Waals surface area (Å²) in [5.74, 6) is -0.320. The molecule has 2 rings (SSSR count). The van der Waals surface area contributed by atoms with E-state index in [0.29, 0.717) is 16.3 Å². The summed E-state index contributed by atoms with van der Waals surface area (Å²) in [4.78, 5) is 13.1. The van der Waals surface area contributed by atoms with Gasteiger partial charge in [0.15, 0.2) is 0 Å². The van der Waals surface area contributed by atoms with Crippen molar-refractivity contribution in [2.45, 2.75) is 31.7 Å². The van der Waals surface area contributed by atoms with Crippen LogP contribution in [-0.2, 0) is 11.2 Å². The van der Waals surface area contributed by atoms with E-state index < -0.39 is 12.0 Å². The molecule has 1 unspecified atom stereocenters. The molecule has 1 atom stereocenters. The fourth-order valence-corrected chi connectivity index (χ4v) is 2.85. The van der Waals surface area contributed by atoms with Crippen LogP contribution in [0, 0.1) is 0 Å². The van der Waals surface area contributed by atoms with Gasteiger partial charge in [0.2, 0.25) is 0 Å². The number of anilines is 1. The molecule has 1 saturated heterocycles. The minimum Gasteiger partial charge on any atom is -0.495 e. The highest BCUT2D eigenvalue weighted by Crippen LogP contribution is 2.35. The van der Waals surface area contributed by atoms with Crippen LogP contribution >= 0.6 is 11.6 Å². The van der Waals surface area contributed by atoms with Crippen LogP contribution in [0.1, 0.15) is 24.8 Å². The monoisotopic (exact) mass is 312 g/mol. The second-order valence-electron chi connectivity index (χ2n) is 5.31. The number of piperidine rings is 1. The molecule has 1 aromatic rings. The van der Waals surface area contributed by atoms with Gasteiger partial charge < -0.3 is 20.5 Å². The van der Waals surface area contributed by atoms with Crippen LogP contribution in [-0.4, -0.2) is 37.3 Å². The lowest BCUT2D eigenvalue weighted by Gasteiger charge is -2.30. The zero-order chi connectivity index (χ0) is 15.4. The molecular weight excluding hydrogens is 292 g/mol. The van der Waals surface area contributed by atoms with Gasteiger partial charge in [0.25, 0.3) is 0 Å². The van der Waals surface area contributed by atoms with Gasteiger partial charge in [-0.05, 0) is 43.4 Å². The molecule has 1 fully saturated rings. The Bertz CT molecular complexity index is 516. The van der Waals surface area contributed by atoms with Gasteiger partial charge in [-0.3, -0.25) is 4.79 Å². The largest absolute Gasteiger partial charge is 0.495 e. The number of benzene rings is 1. The summed E-state index contributed by atoms with van der Waals surface area (Å²) in [5.41, 5.74) is 7.25. The minimum absolute atomic E-state index is 0.185. The molecule has 1 aromatic carbocycles. The number of carboxylic acids is 1. The van der Waals surface area contributed by atoms with Crippen molar-refractivity contribution in [3.05, 3.63) is 22.7 Å². The molecule has 3 N–H and O–H groups in total. The van der Waals surface area contributed by atoms with E-state index in [1.54, 1.807) is 13.2 Å². The number of hydrogen-bond acceptors (Lipinski definition) is 4. The van der Waals surface area contributed by atoms with E-state index in [1.807, 2.05) is 6.07 Å². The first-order chi connectivity index (χ1) is 10.0. The Kier molecular flexibility index (Phi) is 5.31. The molecule has 0 aliphatic carbocycles. The number of rotatable bonds is 5. The second kappa shape index (κ2) is 7.00. The third-order valence-electron chi connectivity index (χ3n) is 3.80. The number of ether oxygens (including phenoxy) is 1. The van der Waals surface area contributed by atoms with Gasteiger partial charge in [-0.2, -0.15) is 0 Å². The first-order valence-electron chi connectivity index (χ1n) is 7.12. The molecule has 5 nitrogen and oxygen atoms in total. The summed E-state index contributed by atoms with van der Waals surface area (Å²) in [6, 6.07) is 2.69. The Morgan fingerprint density at radius 3 is 2.67 bits per heavy atom. The normalized spacial score (nSPS) is 16.6. The molecular formula is C15H21ClN2O3.